The van der Waals surface area contributed by atoms with Gasteiger partial charge in [-0.3, -0.25) is 9.69 Å². The fourth-order valence-electron chi connectivity index (χ4n) is 4.42. The quantitative estimate of drug-likeness (QED) is 0.728. The zero-order valence-corrected chi connectivity index (χ0v) is 15.2. The summed E-state index contributed by atoms with van der Waals surface area (Å²) in [6.07, 6.45) is 2.62. The highest BCUT2D eigenvalue weighted by atomic mass is 32.1. The van der Waals surface area contributed by atoms with Gasteiger partial charge in [0, 0.05) is 36.1 Å². The van der Waals surface area contributed by atoms with Gasteiger partial charge in [-0.15, -0.1) is 11.3 Å². The molecule has 3 heterocycles. The van der Waals surface area contributed by atoms with Gasteiger partial charge in [0.1, 0.15) is 0 Å². The monoisotopic (exact) mass is 353 g/mol. The molecular formula is C18H27NO4S. The average molecular weight is 353 g/mol. The van der Waals surface area contributed by atoms with E-state index < -0.39 is 5.97 Å². The number of nitrogens with zero attached hydrogens (tertiary/aromatic N) is 1. The Labute approximate surface area is 147 Å². The van der Waals surface area contributed by atoms with E-state index in [0.29, 0.717) is 19.3 Å². The van der Waals surface area contributed by atoms with Gasteiger partial charge in [0.2, 0.25) is 0 Å². The predicted octanol–water partition coefficient (Wildman–Crippen LogP) is 3.17. The summed E-state index contributed by atoms with van der Waals surface area (Å²) in [5.41, 5.74) is 0. The second-order valence-corrected chi connectivity index (χ2v) is 7.54. The first kappa shape index (κ1) is 17.9. The van der Waals surface area contributed by atoms with E-state index >= 15 is 0 Å². The lowest BCUT2D eigenvalue weighted by Crippen LogP contribution is -2.52. The third-order valence-electron chi connectivity index (χ3n) is 5.32. The molecule has 1 aromatic rings. The number of carboxylic acids is 1. The zero-order valence-electron chi connectivity index (χ0n) is 14.4. The molecule has 2 aliphatic rings. The summed E-state index contributed by atoms with van der Waals surface area (Å²) in [6.45, 7) is 5.93. The minimum atomic E-state index is -0.656. The molecule has 0 saturated carbocycles. The molecule has 3 rings (SSSR count). The molecule has 4 atom stereocenters. The van der Waals surface area contributed by atoms with E-state index in [2.05, 4.69) is 11.0 Å². The van der Waals surface area contributed by atoms with E-state index in [4.69, 9.17) is 9.47 Å². The second kappa shape index (κ2) is 7.95. The van der Waals surface area contributed by atoms with E-state index in [0.717, 1.165) is 25.8 Å². The van der Waals surface area contributed by atoms with Crippen LogP contribution in [0.1, 0.15) is 43.9 Å². The highest BCUT2D eigenvalue weighted by molar-refractivity contribution is 7.10. The van der Waals surface area contributed by atoms with Gasteiger partial charge in [-0.05, 0) is 44.6 Å². The predicted molar refractivity (Wildman–Crippen MR) is 93.4 cm³/mol. The van der Waals surface area contributed by atoms with Crippen molar-refractivity contribution in [3.63, 3.8) is 0 Å². The molecule has 2 fully saturated rings. The Kier molecular flexibility index (Phi) is 5.92. The third-order valence-corrected chi connectivity index (χ3v) is 6.29. The van der Waals surface area contributed by atoms with Crippen LogP contribution < -0.4 is 0 Å². The Bertz CT molecular complexity index is 529. The summed E-state index contributed by atoms with van der Waals surface area (Å²) in [5.74, 6) is -0.865. The molecule has 24 heavy (non-hydrogen) atoms. The molecule has 6 heteroatoms. The average Bonchev–Trinajstić information content (AvgIpc) is 3.16. The fourth-order valence-corrected chi connectivity index (χ4v) is 5.37. The summed E-state index contributed by atoms with van der Waals surface area (Å²) < 4.78 is 11.5. The Hall–Kier alpha value is -0.950. The maximum atomic E-state index is 11.8. The summed E-state index contributed by atoms with van der Waals surface area (Å²) in [7, 11) is 0. The highest BCUT2D eigenvalue weighted by Gasteiger charge is 2.50. The van der Waals surface area contributed by atoms with Crippen molar-refractivity contribution in [1.82, 2.24) is 4.90 Å². The van der Waals surface area contributed by atoms with Crippen molar-refractivity contribution >= 4 is 17.3 Å². The van der Waals surface area contributed by atoms with E-state index in [-0.39, 0.29) is 24.2 Å². The van der Waals surface area contributed by atoms with Crippen molar-refractivity contribution in [3.05, 3.63) is 22.4 Å². The standard InChI is InChI=1S/C18H27NO4S/c1-3-22-16(23-4-2)11-19-12-7-8-14(19)17(13(10-12)18(20)21)15-6-5-9-24-15/h5-6,9,12-14,16-17H,3-4,7-8,10-11H2,1-2H3,(H,20,21). The van der Waals surface area contributed by atoms with Crippen molar-refractivity contribution in [2.75, 3.05) is 19.8 Å². The first-order valence-corrected chi connectivity index (χ1v) is 9.78. The van der Waals surface area contributed by atoms with Gasteiger partial charge >= 0.3 is 5.97 Å². The van der Waals surface area contributed by atoms with Crippen LogP contribution in [0, 0.1) is 5.92 Å². The van der Waals surface area contributed by atoms with Gasteiger partial charge in [0.05, 0.1) is 12.5 Å². The maximum Gasteiger partial charge on any atom is 0.307 e. The number of rotatable bonds is 8. The Balaban J connectivity index is 1.81. The number of thiophene rings is 1. The molecule has 0 amide bonds. The number of hydrogen-bond acceptors (Lipinski definition) is 5. The Morgan fingerprint density at radius 2 is 2.12 bits per heavy atom. The first-order chi connectivity index (χ1) is 11.7. The molecule has 2 bridgehead atoms. The summed E-state index contributed by atoms with van der Waals surface area (Å²) >= 11 is 1.68. The lowest BCUT2D eigenvalue weighted by atomic mass is 9.79. The van der Waals surface area contributed by atoms with Crippen LogP contribution in [0.3, 0.4) is 0 Å². The number of ether oxygens (including phenoxy) is 2. The molecule has 1 N–H and O–H groups in total. The molecule has 0 aliphatic carbocycles. The van der Waals surface area contributed by atoms with Gasteiger partial charge in [-0.1, -0.05) is 6.07 Å². The number of hydrogen-bond donors (Lipinski definition) is 1. The van der Waals surface area contributed by atoms with E-state index in [1.807, 2.05) is 25.3 Å². The maximum absolute atomic E-state index is 11.8. The minimum absolute atomic E-state index is 0.0742. The molecule has 4 unspecified atom stereocenters. The van der Waals surface area contributed by atoms with Crippen molar-refractivity contribution in [1.29, 1.82) is 0 Å². The SMILES string of the molecule is CCOC(CN1C2CCC1C(c1cccs1)C(C(=O)O)C2)OCC. The number of fused-ring (bicyclic) bond motifs is 2. The lowest BCUT2D eigenvalue weighted by Gasteiger charge is -2.44. The van der Waals surface area contributed by atoms with Gasteiger partial charge in [-0.2, -0.15) is 0 Å². The molecule has 0 spiro atoms. The number of carbonyl (C=O) groups is 1. The van der Waals surface area contributed by atoms with Crippen LogP contribution in [-0.4, -0.2) is 54.1 Å². The number of carboxylic acid groups (broad SMARTS) is 1. The second-order valence-electron chi connectivity index (χ2n) is 6.56. The van der Waals surface area contributed by atoms with Gasteiger partial charge in [-0.25, -0.2) is 0 Å². The molecule has 134 valence electrons. The molecule has 2 aliphatic heterocycles. The minimum Gasteiger partial charge on any atom is -0.481 e. The van der Waals surface area contributed by atoms with Crippen molar-refractivity contribution in [2.24, 2.45) is 5.92 Å². The van der Waals surface area contributed by atoms with Crippen LogP contribution in [0.5, 0.6) is 0 Å². The van der Waals surface area contributed by atoms with Crippen LogP contribution in [-0.2, 0) is 14.3 Å². The molecular weight excluding hydrogens is 326 g/mol. The van der Waals surface area contributed by atoms with E-state index in [1.54, 1.807) is 11.3 Å². The van der Waals surface area contributed by atoms with Gasteiger partial charge < -0.3 is 14.6 Å². The molecule has 1 aromatic heterocycles. The van der Waals surface area contributed by atoms with Crippen molar-refractivity contribution in [3.8, 4) is 0 Å². The third kappa shape index (κ3) is 3.52. The Morgan fingerprint density at radius 1 is 1.38 bits per heavy atom. The van der Waals surface area contributed by atoms with Gasteiger partial charge in [0.15, 0.2) is 6.29 Å². The van der Waals surface area contributed by atoms with Crippen molar-refractivity contribution < 1.29 is 19.4 Å². The normalized spacial score (nSPS) is 30.1. The molecule has 0 radical (unpaired) electrons. The fraction of sp³-hybridized carbons (Fsp3) is 0.722. The number of piperidine rings is 1. The van der Waals surface area contributed by atoms with Crippen LogP contribution in [0.4, 0.5) is 0 Å². The molecule has 2 saturated heterocycles. The van der Waals surface area contributed by atoms with Crippen LogP contribution in [0.15, 0.2) is 17.5 Å². The lowest BCUT2D eigenvalue weighted by molar-refractivity contribution is -0.160. The molecule has 0 aromatic carbocycles. The summed E-state index contributed by atoms with van der Waals surface area (Å²) in [4.78, 5) is 15.5. The summed E-state index contributed by atoms with van der Waals surface area (Å²) in [6, 6.07) is 4.71. The van der Waals surface area contributed by atoms with Crippen LogP contribution >= 0.6 is 11.3 Å². The smallest absolute Gasteiger partial charge is 0.307 e. The summed E-state index contributed by atoms with van der Waals surface area (Å²) in [5, 5.41) is 11.8. The Morgan fingerprint density at radius 3 is 2.71 bits per heavy atom. The van der Waals surface area contributed by atoms with E-state index in [1.165, 1.54) is 4.88 Å². The topological polar surface area (TPSA) is 59.0 Å². The van der Waals surface area contributed by atoms with E-state index in [9.17, 15) is 9.90 Å². The van der Waals surface area contributed by atoms with Crippen LogP contribution in [0.25, 0.3) is 0 Å². The van der Waals surface area contributed by atoms with Crippen LogP contribution in [0.2, 0.25) is 0 Å². The highest BCUT2D eigenvalue weighted by Crippen LogP contribution is 2.48. The first-order valence-electron chi connectivity index (χ1n) is 8.90. The zero-order chi connectivity index (χ0) is 17.1. The van der Waals surface area contributed by atoms with Gasteiger partial charge in [0.25, 0.3) is 0 Å². The molecule has 5 nitrogen and oxygen atoms in total. The number of aliphatic carboxylic acids is 1. The largest absolute Gasteiger partial charge is 0.481 e. The van der Waals surface area contributed by atoms with Crippen molar-refractivity contribution in [2.45, 2.75) is 57.4 Å².